The summed E-state index contributed by atoms with van der Waals surface area (Å²) in [5.41, 5.74) is -0.201. The van der Waals surface area contributed by atoms with Crippen molar-refractivity contribution in [3.05, 3.63) is 29.6 Å². The van der Waals surface area contributed by atoms with Gasteiger partial charge in [0.1, 0.15) is 5.82 Å². The lowest BCUT2D eigenvalue weighted by molar-refractivity contribution is 0.0596. The number of methoxy groups -OCH3 is 1. The molecule has 0 aliphatic carbocycles. The van der Waals surface area contributed by atoms with Gasteiger partial charge in [-0.3, -0.25) is 0 Å². The predicted octanol–water partition coefficient (Wildman–Crippen LogP) is 2.03. The fourth-order valence-electron chi connectivity index (χ4n) is 1.42. The third-order valence-corrected chi connectivity index (χ3v) is 5.57. The Morgan fingerprint density at radius 1 is 1.43 bits per heavy atom. The molecule has 5 nitrogen and oxygen atoms in total. The second-order valence-electron chi connectivity index (χ2n) is 4.92. The Hall–Kier alpha value is -1.12. The van der Waals surface area contributed by atoms with E-state index in [9.17, 15) is 17.6 Å². The van der Waals surface area contributed by atoms with Crippen LogP contribution in [0.4, 0.5) is 4.39 Å². The fourth-order valence-corrected chi connectivity index (χ4v) is 3.14. The Balaban J connectivity index is 3.19. The molecule has 0 aliphatic rings. The van der Waals surface area contributed by atoms with Crippen LogP contribution in [0.25, 0.3) is 0 Å². The van der Waals surface area contributed by atoms with Crippen LogP contribution in [-0.2, 0) is 14.8 Å². The topological polar surface area (TPSA) is 72.5 Å². The summed E-state index contributed by atoms with van der Waals surface area (Å²) in [7, 11) is -2.88. The molecule has 21 heavy (non-hydrogen) atoms. The summed E-state index contributed by atoms with van der Waals surface area (Å²) in [5, 5.41) is 0. The standard InChI is InChI=1S/C13H18FNO4S2/c1-13(2,20-4)8-15-21(17,18)11-7-9(14)5-6-10(11)12(16)19-3/h5-7,15H,8H2,1-4H3. The Morgan fingerprint density at radius 3 is 2.57 bits per heavy atom. The minimum atomic E-state index is -4.02. The van der Waals surface area contributed by atoms with Crippen molar-refractivity contribution in [3.8, 4) is 0 Å². The number of thioether (sulfide) groups is 1. The molecule has 1 aromatic rings. The van der Waals surface area contributed by atoms with E-state index in [0.717, 1.165) is 25.3 Å². The molecule has 118 valence electrons. The van der Waals surface area contributed by atoms with E-state index in [0.29, 0.717) is 0 Å². The minimum absolute atomic E-state index is 0.146. The van der Waals surface area contributed by atoms with Crippen LogP contribution < -0.4 is 4.72 Å². The number of hydrogen-bond donors (Lipinski definition) is 1. The molecule has 0 radical (unpaired) electrons. The molecule has 1 rings (SSSR count). The summed E-state index contributed by atoms with van der Waals surface area (Å²) in [6, 6.07) is 2.91. The van der Waals surface area contributed by atoms with Crippen LogP contribution in [0.2, 0.25) is 0 Å². The van der Waals surface area contributed by atoms with Gasteiger partial charge in [-0.25, -0.2) is 22.3 Å². The van der Waals surface area contributed by atoms with Crippen molar-refractivity contribution < 1.29 is 22.3 Å². The lowest BCUT2D eigenvalue weighted by Crippen LogP contribution is -2.36. The fraction of sp³-hybridized carbons (Fsp3) is 0.462. The van der Waals surface area contributed by atoms with Crippen LogP contribution in [0.1, 0.15) is 24.2 Å². The van der Waals surface area contributed by atoms with Crippen molar-refractivity contribution in [1.29, 1.82) is 0 Å². The zero-order chi connectivity index (χ0) is 16.3. The highest BCUT2D eigenvalue weighted by molar-refractivity contribution is 8.00. The minimum Gasteiger partial charge on any atom is -0.465 e. The monoisotopic (exact) mass is 335 g/mol. The van der Waals surface area contributed by atoms with Gasteiger partial charge < -0.3 is 4.74 Å². The summed E-state index contributed by atoms with van der Waals surface area (Å²) in [6.45, 7) is 3.88. The van der Waals surface area contributed by atoms with Crippen molar-refractivity contribution in [2.24, 2.45) is 0 Å². The van der Waals surface area contributed by atoms with Gasteiger partial charge in [0.25, 0.3) is 0 Å². The van der Waals surface area contributed by atoms with Gasteiger partial charge >= 0.3 is 5.97 Å². The van der Waals surface area contributed by atoms with Crippen LogP contribution in [0.5, 0.6) is 0 Å². The average molecular weight is 335 g/mol. The molecule has 0 atom stereocenters. The molecule has 0 aromatic heterocycles. The van der Waals surface area contributed by atoms with Crippen molar-refractivity contribution in [2.45, 2.75) is 23.5 Å². The molecule has 0 unspecified atom stereocenters. The van der Waals surface area contributed by atoms with Gasteiger partial charge in [0.2, 0.25) is 10.0 Å². The maximum absolute atomic E-state index is 13.3. The van der Waals surface area contributed by atoms with E-state index in [1.165, 1.54) is 11.8 Å². The Kier molecular flexibility index (Phi) is 5.77. The maximum atomic E-state index is 13.3. The van der Waals surface area contributed by atoms with Gasteiger partial charge in [0.15, 0.2) is 0 Å². The van der Waals surface area contributed by atoms with Crippen LogP contribution in [0.3, 0.4) is 0 Å². The van der Waals surface area contributed by atoms with Crippen LogP contribution in [0.15, 0.2) is 23.1 Å². The Bertz CT molecular complexity index is 629. The molecule has 0 saturated carbocycles. The number of carbonyl (C=O) groups excluding carboxylic acids is 1. The van der Waals surface area contributed by atoms with Gasteiger partial charge in [-0.05, 0) is 38.3 Å². The van der Waals surface area contributed by atoms with E-state index in [1.54, 1.807) is 0 Å². The van der Waals surface area contributed by atoms with E-state index in [2.05, 4.69) is 9.46 Å². The first-order valence-electron chi connectivity index (χ1n) is 6.05. The lowest BCUT2D eigenvalue weighted by atomic mass is 10.2. The van der Waals surface area contributed by atoms with E-state index >= 15 is 0 Å². The number of rotatable bonds is 6. The molecular formula is C13H18FNO4S2. The Labute approximate surface area is 128 Å². The summed E-state index contributed by atoms with van der Waals surface area (Å²) in [4.78, 5) is 11.2. The van der Waals surface area contributed by atoms with Gasteiger partial charge in [-0.2, -0.15) is 11.8 Å². The van der Waals surface area contributed by atoms with E-state index in [-0.39, 0.29) is 16.9 Å². The van der Waals surface area contributed by atoms with Crippen LogP contribution >= 0.6 is 11.8 Å². The SMILES string of the molecule is COC(=O)c1ccc(F)cc1S(=O)(=O)NCC(C)(C)SC. The molecule has 1 N–H and O–H groups in total. The van der Waals surface area contributed by atoms with Gasteiger partial charge in [-0.1, -0.05) is 0 Å². The van der Waals surface area contributed by atoms with Crippen molar-refractivity contribution in [3.63, 3.8) is 0 Å². The Morgan fingerprint density at radius 2 is 2.05 bits per heavy atom. The van der Waals surface area contributed by atoms with Gasteiger partial charge in [0.05, 0.1) is 17.6 Å². The highest BCUT2D eigenvalue weighted by atomic mass is 32.2. The molecule has 0 spiro atoms. The van der Waals surface area contributed by atoms with Gasteiger partial charge in [-0.15, -0.1) is 0 Å². The zero-order valence-corrected chi connectivity index (χ0v) is 13.9. The number of sulfonamides is 1. The highest BCUT2D eigenvalue weighted by Crippen LogP contribution is 2.22. The first-order valence-corrected chi connectivity index (χ1v) is 8.76. The smallest absolute Gasteiger partial charge is 0.339 e. The lowest BCUT2D eigenvalue weighted by Gasteiger charge is -2.22. The zero-order valence-electron chi connectivity index (χ0n) is 12.3. The van der Waals surface area contributed by atoms with Gasteiger partial charge in [0, 0.05) is 11.3 Å². The quantitative estimate of drug-likeness (QED) is 0.806. The van der Waals surface area contributed by atoms with Crippen molar-refractivity contribution in [1.82, 2.24) is 4.72 Å². The summed E-state index contributed by atoms with van der Waals surface area (Å²) in [5.74, 6) is -1.58. The largest absolute Gasteiger partial charge is 0.465 e. The molecule has 0 amide bonds. The third kappa shape index (κ3) is 4.69. The van der Waals surface area contributed by atoms with Crippen LogP contribution in [-0.4, -0.2) is 39.0 Å². The van der Waals surface area contributed by atoms with E-state index in [1.807, 2.05) is 20.1 Å². The summed E-state index contributed by atoms with van der Waals surface area (Å²) in [6.07, 6.45) is 1.86. The number of hydrogen-bond acceptors (Lipinski definition) is 5. The molecule has 0 heterocycles. The summed E-state index contributed by atoms with van der Waals surface area (Å²) >= 11 is 1.49. The average Bonchev–Trinajstić information content (AvgIpc) is 2.44. The molecule has 0 saturated heterocycles. The normalized spacial score (nSPS) is 12.2. The first-order chi connectivity index (χ1) is 9.63. The highest BCUT2D eigenvalue weighted by Gasteiger charge is 2.26. The molecule has 0 fully saturated rings. The van der Waals surface area contributed by atoms with Crippen molar-refractivity contribution in [2.75, 3.05) is 19.9 Å². The van der Waals surface area contributed by atoms with E-state index in [4.69, 9.17) is 0 Å². The molecule has 0 bridgehead atoms. The summed E-state index contributed by atoms with van der Waals surface area (Å²) < 4.78 is 44.5. The predicted molar refractivity (Wildman–Crippen MR) is 80.5 cm³/mol. The molecule has 0 aliphatic heterocycles. The maximum Gasteiger partial charge on any atom is 0.339 e. The molecular weight excluding hydrogens is 317 g/mol. The third-order valence-electron chi connectivity index (χ3n) is 2.88. The first kappa shape index (κ1) is 17.9. The number of benzene rings is 1. The number of esters is 1. The number of carbonyl (C=O) groups is 1. The number of ether oxygens (including phenoxy) is 1. The van der Waals surface area contributed by atoms with E-state index < -0.39 is 26.7 Å². The van der Waals surface area contributed by atoms with Crippen LogP contribution in [0, 0.1) is 5.82 Å². The van der Waals surface area contributed by atoms with Crippen molar-refractivity contribution >= 4 is 27.8 Å². The second kappa shape index (κ2) is 6.76. The number of halogens is 1. The molecule has 8 heteroatoms. The number of nitrogens with one attached hydrogen (secondary N) is 1. The molecule has 1 aromatic carbocycles. The second-order valence-corrected chi connectivity index (χ2v) is 8.17.